The fourth-order valence-electron chi connectivity index (χ4n) is 3.11. The molecule has 3 rings (SSSR count). The molecular formula is C20H24N3O2S+. The van der Waals surface area contributed by atoms with Gasteiger partial charge in [-0.3, -0.25) is 9.59 Å². The average molecular weight is 370 g/mol. The van der Waals surface area contributed by atoms with Gasteiger partial charge < -0.3 is 15.1 Å². The summed E-state index contributed by atoms with van der Waals surface area (Å²) in [4.78, 5) is 27.8. The van der Waals surface area contributed by atoms with E-state index in [1.54, 1.807) is 17.4 Å². The van der Waals surface area contributed by atoms with Gasteiger partial charge in [-0.1, -0.05) is 30.3 Å². The molecule has 0 saturated carbocycles. The van der Waals surface area contributed by atoms with E-state index in [1.165, 1.54) is 17.4 Å². The molecule has 136 valence electrons. The monoisotopic (exact) mass is 370 g/mol. The number of benzene rings is 1. The van der Waals surface area contributed by atoms with E-state index in [0.717, 1.165) is 25.2 Å². The van der Waals surface area contributed by atoms with E-state index in [-0.39, 0.29) is 11.8 Å². The molecule has 1 aromatic carbocycles. The van der Waals surface area contributed by atoms with E-state index in [0.29, 0.717) is 18.8 Å². The molecule has 5 nitrogen and oxygen atoms in total. The van der Waals surface area contributed by atoms with E-state index in [2.05, 4.69) is 22.1 Å². The Bertz CT molecular complexity index is 764. The van der Waals surface area contributed by atoms with Gasteiger partial charge in [-0.05, 0) is 28.5 Å². The van der Waals surface area contributed by atoms with Crippen molar-refractivity contribution in [3.8, 4) is 0 Å². The molecule has 1 aliphatic heterocycles. The van der Waals surface area contributed by atoms with E-state index in [4.69, 9.17) is 0 Å². The van der Waals surface area contributed by atoms with Gasteiger partial charge in [-0.15, -0.1) is 0 Å². The van der Waals surface area contributed by atoms with Gasteiger partial charge in [0.05, 0.1) is 26.2 Å². The number of hydrogen-bond donors (Lipinski definition) is 2. The SMILES string of the molecule is CC(=O)N/C(=C\c1ccccc1)C(=O)N1CC[NH+](Cc2ccsc2)CC1. The van der Waals surface area contributed by atoms with Gasteiger partial charge in [0.2, 0.25) is 5.91 Å². The molecule has 1 aliphatic rings. The van der Waals surface area contributed by atoms with Gasteiger partial charge in [-0.25, -0.2) is 0 Å². The third-order valence-electron chi connectivity index (χ3n) is 4.44. The number of carbonyl (C=O) groups excluding carboxylic acids is 2. The Labute approximate surface area is 157 Å². The molecule has 2 aromatic rings. The summed E-state index contributed by atoms with van der Waals surface area (Å²) < 4.78 is 0. The summed E-state index contributed by atoms with van der Waals surface area (Å²) in [6, 6.07) is 11.7. The Morgan fingerprint density at radius 1 is 1.19 bits per heavy atom. The van der Waals surface area contributed by atoms with Crippen LogP contribution in [0.4, 0.5) is 0 Å². The molecule has 1 fully saturated rings. The van der Waals surface area contributed by atoms with Crippen molar-refractivity contribution in [1.82, 2.24) is 10.2 Å². The first-order valence-corrected chi connectivity index (χ1v) is 9.74. The van der Waals surface area contributed by atoms with Crippen molar-refractivity contribution >= 4 is 29.2 Å². The molecule has 2 N–H and O–H groups in total. The second-order valence-electron chi connectivity index (χ2n) is 6.50. The number of amides is 2. The van der Waals surface area contributed by atoms with Crippen LogP contribution in [-0.2, 0) is 16.1 Å². The highest BCUT2D eigenvalue weighted by atomic mass is 32.1. The lowest BCUT2D eigenvalue weighted by molar-refractivity contribution is -0.917. The molecule has 2 amide bonds. The predicted octanol–water partition coefficient (Wildman–Crippen LogP) is 1.15. The normalized spacial score (nSPS) is 15.7. The van der Waals surface area contributed by atoms with Crippen molar-refractivity contribution in [3.63, 3.8) is 0 Å². The van der Waals surface area contributed by atoms with Crippen LogP contribution in [0.3, 0.4) is 0 Å². The maximum absolute atomic E-state index is 12.9. The molecule has 2 heterocycles. The first-order chi connectivity index (χ1) is 12.6. The molecule has 1 saturated heterocycles. The quantitative estimate of drug-likeness (QED) is 0.776. The smallest absolute Gasteiger partial charge is 0.270 e. The molecule has 0 atom stereocenters. The van der Waals surface area contributed by atoms with Crippen molar-refractivity contribution in [3.05, 3.63) is 64.0 Å². The van der Waals surface area contributed by atoms with Crippen LogP contribution >= 0.6 is 11.3 Å². The fraction of sp³-hybridized carbons (Fsp3) is 0.300. The first-order valence-electron chi connectivity index (χ1n) is 8.80. The minimum atomic E-state index is -0.234. The summed E-state index contributed by atoms with van der Waals surface area (Å²) in [5.74, 6) is -0.346. The molecule has 0 aliphatic carbocycles. The van der Waals surface area contributed by atoms with Crippen LogP contribution in [0.25, 0.3) is 6.08 Å². The van der Waals surface area contributed by atoms with Crippen molar-refractivity contribution < 1.29 is 14.5 Å². The Morgan fingerprint density at radius 3 is 2.54 bits per heavy atom. The third kappa shape index (κ3) is 5.03. The van der Waals surface area contributed by atoms with Gasteiger partial charge in [0.1, 0.15) is 12.2 Å². The van der Waals surface area contributed by atoms with Crippen LogP contribution in [0, 0.1) is 0 Å². The number of carbonyl (C=O) groups is 2. The highest BCUT2D eigenvalue weighted by molar-refractivity contribution is 7.07. The number of rotatable bonds is 5. The molecule has 0 bridgehead atoms. The summed E-state index contributed by atoms with van der Waals surface area (Å²) in [6.45, 7) is 5.66. The standard InChI is InChI=1S/C20H23N3O2S/c1-16(24)21-19(13-17-5-3-2-4-6-17)20(25)23-10-8-22(9-11-23)14-18-7-12-26-15-18/h2-7,12-13,15H,8-11,14H2,1H3,(H,21,24)/p+1/b19-13-. The number of thiophene rings is 1. The Kier molecular flexibility index (Phi) is 6.20. The average Bonchev–Trinajstić information content (AvgIpc) is 3.15. The van der Waals surface area contributed by atoms with Crippen molar-refractivity contribution in [2.75, 3.05) is 26.2 Å². The predicted molar refractivity (Wildman–Crippen MR) is 104 cm³/mol. The lowest BCUT2D eigenvalue weighted by atomic mass is 10.1. The molecule has 26 heavy (non-hydrogen) atoms. The number of quaternary nitrogens is 1. The second-order valence-corrected chi connectivity index (χ2v) is 7.28. The summed E-state index contributed by atoms with van der Waals surface area (Å²) in [7, 11) is 0. The minimum Gasteiger partial charge on any atom is -0.328 e. The van der Waals surface area contributed by atoms with Crippen molar-refractivity contribution in [1.29, 1.82) is 0 Å². The van der Waals surface area contributed by atoms with Gasteiger partial charge >= 0.3 is 0 Å². The van der Waals surface area contributed by atoms with Crippen LogP contribution in [0.2, 0.25) is 0 Å². The maximum atomic E-state index is 12.9. The largest absolute Gasteiger partial charge is 0.328 e. The fourth-order valence-corrected chi connectivity index (χ4v) is 3.78. The number of piperazine rings is 1. The zero-order chi connectivity index (χ0) is 18.4. The lowest BCUT2D eigenvalue weighted by Crippen LogP contribution is -3.13. The number of hydrogen-bond acceptors (Lipinski definition) is 3. The first kappa shape index (κ1) is 18.4. The third-order valence-corrected chi connectivity index (χ3v) is 5.18. The van der Waals surface area contributed by atoms with Crippen LogP contribution < -0.4 is 10.2 Å². The molecule has 1 aromatic heterocycles. The van der Waals surface area contributed by atoms with Crippen LogP contribution in [0.1, 0.15) is 18.1 Å². The van der Waals surface area contributed by atoms with Crippen molar-refractivity contribution in [2.45, 2.75) is 13.5 Å². The molecule has 0 radical (unpaired) electrons. The molecule has 0 unspecified atom stereocenters. The summed E-state index contributed by atoms with van der Waals surface area (Å²) in [5.41, 5.74) is 2.59. The van der Waals surface area contributed by atoms with Gasteiger partial charge in [0.25, 0.3) is 5.91 Å². The van der Waals surface area contributed by atoms with Crippen LogP contribution in [0.15, 0.2) is 52.9 Å². The van der Waals surface area contributed by atoms with Crippen molar-refractivity contribution in [2.24, 2.45) is 0 Å². The van der Waals surface area contributed by atoms with Crippen LogP contribution in [-0.4, -0.2) is 42.9 Å². The van der Waals surface area contributed by atoms with Gasteiger partial charge in [0.15, 0.2) is 0 Å². The molecule has 6 heteroatoms. The summed E-state index contributed by atoms with van der Waals surface area (Å²) in [5, 5.41) is 6.98. The zero-order valence-electron chi connectivity index (χ0n) is 14.9. The van der Waals surface area contributed by atoms with E-state index >= 15 is 0 Å². The summed E-state index contributed by atoms with van der Waals surface area (Å²) in [6.07, 6.45) is 1.74. The number of nitrogens with zero attached hydrogens (tertiary/aromatic N) is 1. The van der Waals surface area contributed by atoms with E-state index < -0.39 is 0 Å². The highest BCUT2D eigenvalue weighted by Gasteiger charge is 2.26. The van der Waals surface area contributed by atoms with Gasteiger partial charge in [-0.2, -0.15) is 11.3 Å². The number of nitrogens with one attached hydrogen (secondary N) is 2. The summed E-state index contributed by atoms with van der Waals surface area (Å²) >= 11 is 1.72. The van der Waals surface area contributed by atoms with Gasteiger partial charge in [0, 0.05) is 12.5 Å². The molecule has 0 spiro atoms. The Balaban J connectivity index is 1.64. The Morgan fingerprint density at radius 2 is 1.92 bits per heavy atom. The molecular weight excluding hydrogens is 346 g/mol. The van der Waals surface area contributed by atoms with E-state index in [1.807, 2.05) is 35.2 Å². The van der Waals surface area contributed by atoms with E-state index in [9.17, 15) is 9.59 Å². The minimum absolute atomic E-state index is 0.112. The zero-order valence-corrected chi connectivity index (χ0v) is 15.7. The topological polar surface area (TPSA) is 53.9 Å². The van der Waals surface area contributed by atoms with Crippen LogP contribution in [0.5, 0.6) is 0 Å². The maximum Gasteiger partial charge on any atom is 0.270 e. The lowest BCUT2D eigenvalue weighted by Gasteiger charge is -2.32. The Hall–Kier alpha value is -2.44. The second kappa shape index (κ2) is 8.78. The highest BCUT2D eigenvalue weighted by Crippen LogP contribution is 2.09.